The number of hydrogen-bond donors (Lipinski definition) is 1. The van der Waals surface area contributed by atoms with Crippen molar-refractivity contribution in [3.05, 3.63) is 87.5 Å². The van der Waals surface area contributed by atoms with Gasteiger partial charge in [0.25, 0.3) is 5.91 Å². The van der Waals surface area contributed by atoms with Crippen LogP contribution in [0.4, 0.5) is 0 Å². The number of benzene rings is 3. The first-order valence-electron chi connectivity index (χ1n) is 12.9. The maximum Gasteiger partial charge on any atom is 0.304 e. The molecule has 4 aromatic rings. The summed E-state index contributed by atoms with van der Waals surface area (Å²) in [6, 6.07) is 15.9. The van der Waals surface area contributed by atoms with Gasteiger partial charge in [0.15, 0.2) is 0 Å². The number of amides is 1. The van der Waals surface area contributed by atoms with Crippen molar-refractivity contribution in [3.63, 3.8) is 0 Å². The van der Waals surface area contributed by atoms with Crippen LogP contribution in [0.2, 0.25) is 0 Å². The number of aliphatic carboxylic acids is 1. The lowest BCUT2D eigenvalue weighted by molar-refractivity contribution is -0.137. The largest absolute Gasteiger partial charge is 0.494 e. The van der Waals surface area contributed by atoms with Crippen LogP contribution in [0.5, 0.6) is 5.75 Å². The monoisotopic (exact) mass is 512 g/mol. The molecule has 1 N–H and O–H groups in total. The highest BCUT2D eigenvalue weighted by atomic mass is 16.5. The lowest BCUT2D eigenvalue weighted by Crippen LogP contribution is -2.36. The predicted octanol–water partition coefficient (Wildman–Crippen LogP) is 4.65. The van der Waals surface area contributed by atoms with Gasteiger partial charge >= 0.3 is 5.97 Å². The van der Waals surface area contributed by atoms with E-state index in [0.717, 1.165) is 40.6 Å². The van der Waals surface area contributed by atoms with Crippen molar-refractivity contribution in [1.29, 1.82) is 0 Å². The number of carbonyl (C=O) groups excluding carboxylic acids is 1. The van der Waals surface area contributed by atoms with E-state index < -0.39 is 11.9 Å². The number of carbonyl (C=O) groups is 2. The second kappa shape index (κ2) is 10.3. The van der Waals surface area contributed by atoms with E-state index in [2.05, 4.69) is 29.4 Å². The van der Waals surface area contributed by atoms with E-state index in [9.17, 15) is 14.7 Å². The summed E-state index contributed by atoms with van der Waals surface area (Å²) in [6.45, 7) is 5.18. The number of ether oxygens (including phenoxy) is 1. The Morgan fingerprint density at radius 3 is 2.55 bits per heavy atom. The zero-order valence-corrected chi connectivity index (χ0v) is 22.2. The average molecular weight is 513 g/mol. The summed E-state index contributed by atoms with van der Waals surface area (Å²) in [5.41, 5.74) is 8.20. The number of carboxylic acids is 1. The van der Waals surface area contributed by atoms with Gasteiger partial charge in [-0.3, -0.25) is 9.59 Å². The molecule has 196 valence electrons. The van der Waals surface area contributed by atoms with Gasteiger partial charge in [0, 0.05) is 31.6 Å². The Morgan fingerprint density at radius 2 is 1.87 bits per heavy atom. The van der Waals surface area contributed by atoms with Crippen LogP contribution in [-0.4, -0.2) is 50.5 Å². The number of aromatic nitrogens is 3. The van der Waals surface area contributed by atoms with E-state index in [4.69, 9.17) is 4.74 Å². The van der Waals surface area contributed by atoms with Crippen molar-refractivity contribution in [2.24, 2.45) is 7.05 Å². The van der Waals surface area contributed by atoms with E-state index >= 15 is 0 Å². The molecule has 1 aliphatic rings. The second-order valence-electron chi connectivity index (χ2n) is 9.91. The van der Waals surface area contributed by atoms with Gasteiger partial charge in [0.2, 0.25) is 0 Å². The molecular weight excluding hydrogens is 480 g/mol. The molecule has 3 aromatic carbocycles. The van der Waals surface area contributed by atoms with Gasteiger partial charge in [-0.15, -0.1) is 5.10 Å². The minimum Gasteiger partial charge on any atom is -0.494 e. The number of nitrogens with zero attached hydrogens (tertiary/aromatic N) is 4. The van der Waals surface area contributed by atoms with Crippen molar-refractivity contribution >= 4 is 22.9 Å². The third-order valence-corrected chi connectivity index (χ3v) is 7.65. The minimum atomic E-state index is -0.891. The van der Waals surface area contributed by atoms with Crippen molar-refractivity contribution in [2.45, 2.75) is 45.6 Å². The second-order valence-corrected chi connectivity index (χ2v) is 9.91. The summed E-state index contributed by atoms with van der Waals surface area (Å²) < 4.78 is 7.31. The molecule has 38 heavy (non-hydrogen) atoms. The number of carboxylic acid groups (broad SMARTS) is 1. The molecule has 1 atom stereocenters. The van der Waals surface area contributed by atoms with Crippen molar-refractivity contribution in [1.82, 2.24) is 19.9 Å². The predicted molar refractivity (Wildman–Crippen MR) is 145 cm³/mol. The van der Waals surface area contributed by atoms with Crippen LogP contribution in [-0.2, 0) is 31.2 Å². The molecule has 2 heterocycles. The van der Waals surface area contributed by atoms with Crippen molar-refractivity contribution in [3.8, 4) is 5.75 Å². The van der Waals surface area contributed by atoms with Gasteiger partial charge in [-0.1, -0.05) is 42.5 Å². The SMILES string of the molecule is CCc1ccc(C(=O)N2CCc3ccc(C(CC(=O)O)c4cc(OC)c5c(nnn5C)c4C)cc3C2)cc1. The summed E-state index contributed by atoms with van der Waals surface area (Å²) in [7, 11) is 3.40. The number of hydrogen-bond acceptors (Lipinski definition) is 5. The van der Waals surface area contributed by atoms with E-state index in [1.807, 2.05) is 48.2 Å². The molecule has 1 unspecified atom stereocenters. The molecule has 0 bridgehead atoms. The zero-order valence-electron chi connectivity index (χ0n) is 22.2. The summed E-state index contributed by atoms with van der Waals surface area (Å²) in [5.74, 6) is -0.685. The van der Waals surface area contributed by atoms with E-state index in [0.29, 0.717) is 29.9 Å². The Morgan fingerprint density at radius 1 is 1.11 bits per heavy atom. The standard InChI is InChI=1S/C30H32N4O4/c1-5-19-6-8-21(9-7-19)30(37)34-13-12-20-10-11-22(14-23(20)17-34)25(16-27(35)36)24-15-26(38-4)29-28(18(24)2)31-32-33(29)3/h6-11,14-15,25H,5,12-13,16-17H2,1-4H3,(H,35,36). The van der Waals surface area contributed by atoms with E-state index in [1.165, 1.54) is 11.1 Å². The van der Waals surface area contributed by atoms with Crippen molar-refractivity contribution in [2.75, 3.05) is 13.7 Å². The molecule has 8 heteroatoms. The number of aryl methyl sites for hydroxylation is 3. The van der Waals surface area contributed by atoms with Gasteiger partial charge < -0.3 is 14.7 Å². The molecule has 0 spiro atoms. The van der Waals surface area contributed by atoms with Crippen LogP contribution >= 0.6 is 0 Å². The third kappa shape index (κ3) is 4.62. The Labute approximate surface area is 221 Å². The summed E-state index contributed by atoms with van der Waals surface area (Å²) >= 11 is 0. The molecule has 8 nitrogen and oxygen atoms in total. The zero-order chi connectivity index (χ0) is 27.0. The van der Waals surface area contributed by atoms with Gasteiger partial charge in [-0.05, 0) is 71.3 Å². The minimum absolute atomic E-state index is 0.0134. The number of fused-ring (bicyclic) bond motifs is 2. The smallest absolute Gasteiger partial charge is 0.304 e. The van der Waals surface area contributed by atoms with Crippen LogP contribution < -0.4 is 4.74 Å². The van der Waals surface area contributed by atoms with Gasteiger partial charge in [-0.2, -0.15) is 0 Å². The number of rotatable bonds is 7. The Bertz CT molecular complexity index is 1520. The Balaban J connectivity index is 1.51. The first kappa shape index (κ1) is 25.4. The molecule has 0 radical (unpaired) electrons. The maximum absolute atomic E-state index is 13.3. The fraction of sp³-hybridized carbons (Fsp3) is 0.333. The molecule has 0 saturated heterocycles. The lowest BCUT2D eigenvalue weighted by atomic mass is 9.83. The first-order valence-corrected chi connectivity index (χ1v) is 12.9. The van der Waals surface area contributed by atoms with Crippen LogP contribution in [0.15, 0.2) is 48.5 Å². The summed E-state index contributed by atoms with van der Waals surface area (Å²) in [4.78, 5) is 27.1. The van der Waals surface area contributed by atoms with Crippen LogP contribution in [0.25, 0.3) is 11.0 Å². The topological polar surface area (TPSA) is 97.6 Å². The average Bonchev–Trinajstić information content (AvgIpc) is 3.33. The molecule has 1 aromatic heterocycles. The quantitative estimate of drug-likeness (QED) is 0.387. The molecule has 0 saturated carbocycles. The number of methoxy groups -OCH3 is 1. The normalized spacial score (nSPS) is 13.8. The molecule has 1 aliphatic heterocycles. The van der Waals surface area contributed by atoms with Crippen LogP contribution in [0.3, 0.4) is 0 Å². The first-order chi connectivity index (χ1) is 18.3. The molecular formula is C30H32N4O4. The highest BCUT2D eigenvalue weighted by molar-refractivity contribution is 5.94. The molecule has 0 fully saturated rings. The fourth-order valence-electron chi connectivity index (χ4n) is 5.47. The van der Waals surface area contributed by atoms with E-state index in [-0.39, 0.29) is 12.3 Å². The van der Waals surface area contributed by atoms with Crippen LogP contribution in [0.1, 0.15) is 63.0 Å². The molecule has 5 rings (SSSR count). The van der Waals surface area contributed by atoms with E-state index in [1.54, 1.807) is 18.8 Å². The summed E-state index contributed by atoms with van der Waals surface area (Å²) in [6.07, 6.45) is 1.61. The van der Waals surface area contributed by atoms with Gasteiger partial charge in [-0.25, -0.2) is 4.68 Å². The third-order valence-electron chi connectivity index (χ3n) is 7.65. The highest BCUT2D eigenvalue weighted by Crippen LogP contribution is 2.38. The van der Waals surface area contributed by atoms with Gasteiger partial charge in [0.05, 0.1) is 13.5 Å². The maximum atomic E-state index is 13.3. The molecule has 1 amide bonds. The fourth-order valence-corrected chi connectivity index (χ4v) is 5.47. The van der Waals surface area contributed by atoms with Crippen LogP contribution in [0, 0.1) is 6.92 Å². The lowest BCUT2D eigenvalue weighted by Gasteiger charge is -2.30. The Kier molecular flexibility index (Phi) is 6.89. The van der Waals surface area contributed by atoms with Crippen molar-refractivity contribution < 1.29 is 19.4 Å². The van der Waals surface area contributed by atoms with Gasteiger partial charge in [0.1, 0.15) is 16.8 Å². The molecule has 0 aliphatic carbocycles. The summed E-state index contributed by atoms with van der Waals surface area (Å²) in [5, 5.41) is 18.3. The highest BCUT2D eigenvalue weighted by Gasteiger charge is 2.27. The Hall–Kier alpha value is -4.20.